The molecule has 2 atom stereocenters. The minimum atomic E-state index is -0.459. The molecule has 1 fully saturated rings. The number of aromatic nitrogens is 4. The molecule has 11 heteroatoms. The molecule has 0 radical (unpaired) electrons. The number of hydrogen-bond acceptors (Lipinski definition) is 8. The summed E-state index contributed by atoms with van der Waals surface area (Å²) in [6.07, 6.45) is 5.07. The third-order valence-corrected chi connectivity index (χ3v) is 8.25. The summed E-state index contributed by atoms with van der Waals surface area (Å²) in [5, 5.41) is 9.58. The van der Waals surface area contributed by atoms with Crippen LogP contribution in [0, 0.1) is 0 Å². The predicted molar refractivity (Wildman–Crippen MR) is 154 cm³/mol. The lowest BCUT2D eigenvalue weighted by molar-refractivity contribution is -0.119. The first-order valence-corrected chi connectivity index (χ1v) is 14.3. The zero-order chi connectivity index (χ0) is 27.5. The van der Waals surface area contributed by atoms with Crippen molar-refractivity contribution in [1.29, 1.82) is 0 Å². The summed E-state index contributed by atoms with van der Waals surface area (Å²) in [5.41, 5.74) is 8.93. The summed E-state index contributed by atoms with van der Waals surface area (Å²) in [7, 11) is 0. The number of nitrogens with one attached hydrogen (secondary N) is 1. The molecule has 0 saturated carbocycles. The molecule has 1 saturated heterocycles. The van der Waals surface area contributed by atoms with Crippen LogP contribution < -0.4 is 16.0 Å². The fraction of sp³-hybridized carbons (Fsp3) is 0.393. The smallest absolute Gasteiger partial charge is 0.251 e. The molecule has 0 aromatic carbocycles. The molecular weight excluding hydrogens is 512 g/mol. The van der Waals surface area contributed by atoms with E-state index in [1.807, 2.05) is 34.7 Å². The highest BCUT2D eigenvalue weighted by Gasteiger charge is 2.31. The van der Waals surface area contributed by atoms with E-state index in [9.17, 15) is 9.59 Å². The highest BCUT2D eigenvalue weighted by atomic mass is 32.1. The van der Waals surface area contributed by atoms with Crippen molar-refractivity contribution >= 4 is 34.6 Å². The predicted octanol–water partition coefficient (Wildman–Crippen LogP) is 3.43. The number of thiophene rings is 1. The SMILES string of the molecule is CCN(CC)C(C)CNC(=O)c1cc(-c2cnn3ccc(-c4cccs4)nc23)nc(N2CCC[C@H]2C(N)=O)c1. The van der Waals surface area contributed by atoms with Gasteiger partial charge in [-0.25, -0.2) is 14.5 Å². The third kappa shape index (κ3) is 5.50. The number of carbonyl (C=O) groups excluding carboxylic acids is 2. The van der Waals surface area contributed by atoms with Gasteiger partial charge in [0.25, 0.3) is 5.91 Å². The van der Waals surface area contributed by atoms with Crippen molar-refractivity contribution in [3.63, 3.8) is 0 Å². The van der Waals surface area contributed by atoms with Crippen LogP contribution in [0.3, 0.4) is 0 Å². The third-order valence-electron chi connectivity index (χ3n) is 7.36. The van der Waals surface area contributed by atoms with E-state index in [4.69, 9.17) is 15.7 Å². The van der Waals surface area contributed by atoms with Crippen LogP contribution in [0.1, 0.15) is 44.0 Å². The van der Waals surface area contributed by atoms with E-state index in [1.54, 1.807) is 34.2 Å². The highest BCUT2D eigenvalue weighted by molar-refractivity contribution is 7.13. The van der Waals surface area contributed by atoms with Crippen molar-refractivity contribution in [3.05, 3.63) is 53.7 Å². The Morgan fingerprint density at radius 1 is 1.21 bits per heavy atom. The number of anilines is 1. The van der Waals surface area contributed by atoms with Gasteiger partial charge in [0, 0.05) is 30.9 Å². The average Bonchev–Trinajstić information content (AvgIpc) is 3.72. The van der Waals surface area contributed by atoms with Crippen LogP contribution in [-0.4, -0.2) is 74.6 Å². The zero-order valence-electron chi connectivity index (χ0n) is 22.5. The number of fused-ring (bicyclic) bond motifs is 1. The first kappa shape index (κ1) is 26.8. The average molecular weight is 547 g/mol. The van der Waals surface area contributed by atoms with Crippen molar-refractivity contribution in [3.8, 4) is 21.8 Å². The molecule has 1 aliphatic rings. The van der Waals surface area contributed by atoms with Crippen LogP contribution in [0.5, 0.6) is 0 Å². The summed E-state index contributed by atoms with van der Waals surface area (Å²) < 4.78 is 1.70. The first-order valence-electron chi connectivity index (χ1n) is 13.4. The molecule has 1 aliphatic heterocycles. The number of amides is 2. The molecule has 0 aliphatic carbocycles. The number of primary amides is 1. The lowest BCUT2D eigenvalue weighted by Gasteiger charge is -2.27. The quantitative estimate of drug-likeness (QED) is 0.313. The molecule has 1 unspecified atom stereocenters. The normalized spacial score (nSPS) is 16.2. The van der Waals surface area contributed by atoms with E-state index in [1.165, 1.54) is 0 Å². The standard InChI is InChI=1S/C28H34N8O2S/c1-4-34(5-2)18(3)16-30-28(38)19-14-22(32-25(15-19)35-11-6-8-23(35)26(29)37)20-17-31-36-12-10-21(33-27(20)36)24-9-7-13-39-24/h7,9-10,12-15,17-18,23H,4-6,8,11,16H2,1-3H3,(H2,29,37)(H,30,38)/t18?,23-/m0/s1. The van der Waals surface area contributed by atoms with Crippen LogP contribution in [0.15, 0.2) is 48.1 Å². The first-order chi connectivity index (χ1) is 18.9. The molecule has 3 N–H and O–H groups in total. The molecule has 4 aromatic heterocycles. The summed E-state index contributed by atoms with van der Waals surface area (Å²) in [6, 6.07) is 9.20. The Kier molecular flexibility index (Phi) is 7.89. The van der Waals surface area contributed by atoms with Gasteiger partial charge in [-0.15, -0.1) is 11.3 Å². The second-order valence-corrected chi connectivity index (χ2v) is 10.7. The van der Waals surface area contributed by atoms with Gasteiger partial charge < -0.3 is 16.0 Å². The molecule has 0 bridgehead atoms. The van der Waals surface area contributed by atoms with E-state index in [-0.39, 0.29) is 11.9 Å². The second-order valence-electron chi connectivity index (χ2n) is 9.75. The van der Waals surface area contributed by atoms with Gasteiger partial charge in [-0.05, 0) is 62.5 Å². The number of nitrogens with zero attached hydrogens (tertiary/aromatic N) is 6. The Hall–Kier alpha value is -3.83. The molecule has 10 nitrogen and oxygen atoms in total. The summed E-state index contributed by atoms with van der Waals surface area (Å²) in [6.45, 7) is 9.31. The van der Waals surface area contributed by atoms with Crippen molar-refractivity contribution in [1.82, 2.24) is 29.8 Å². The fourth-order valence-electron chi connectivity index (χ4n) is 5.20. The van der Waals surface area contributed by atoms with Gasteiger partial charge in [0.15, 0.2) is 5.65 Å². The maximum atomic E-state index is 13.4. The van der Waals surface area contributed by atoms with Crippen molar-refractivity contribution in [2.75, 3.05) is 31.1 Å². The Balaban J connectivity index is 1.54. The van der Waals surface area contributed by atoms with Crippen LogP contribution in [0.4, 0.5) is 5.82 Å². The molecule has 2 amide bonds. The van der Waals surface area contributed by atoms with Gasteiger partial charge in [-0.1, -0.05) is 19.9 Å². The van der Waals surface area contributed by atoms with Crippen LogP contribution >= 0.6 is 11.3 Å². The Bertz CT molecular complexity index is 1460. The van der Waals surface area contributed by atoms with Crippen molar-refractivity contribution in [2.45, 2.75) is 45.7 Å². The summed E-state index contributed by atoms with van der Waals surface area (Å²) in [4.78, 5) is 40.6. The Morgan fingerprint density at radius 3 is 2.74 bits per heavy atom. The Morgan fingerprint density at radius 2 is 2.03 bits per heavy atom. The largest absolute Gasteiger partial charge is 0.368 e. The topological polar surface area (TPSA) is 122 Å². The van der Waals surface area contributed by atoms with Crippen molar-refractivity contribution in [2.24, 2.45) is 5.73 Å². The number of likely N-dealkylation sites (N-methyl/N-ethyl adjacent to an activating group) is 1. The molecule has 0 spiro atoms. The lowest BCUT2D eigenvalue weighted by atomic mass is 10.1. The van der Waals surface area contributed by atoms with Crippen LogP contribution in [0.25, 0.3) is 27.5 Å². The van der Waals surface area contributed by atoms with Gasteiger partial charge in [0.05, 0.1) is 28.0 Å². The maximum Gasteiger partial charge on any atom is 0.251 e. The maximum absolute atomic E-state index is 13.4. The van der Waals surface area contributed by atoms with Gasteiger partial charge in [-0.3, -0.25) is 14.5 Å². The highest BCUT2D eigenvalue weighted by Crippen LogP contribution is 2.31. The number of pyridine rings is 1. The van der Waals surface area contributed by atoms with E-state index in [2.05, 4.69) is 36.1 Å². The number of nitrogens with two attached hydrogens (primary N) is 1. The van der Waals surface area contributed by atoms with E-state index in [0.717, 1.165) is 30.1 Å². The van der Waals surface area contributed by atoms with Crippen LogP contribution in [-0.2, 0) is 4.79 Å². The molecular formula is C28H34N8O2S. The van der Waals surface area contributed by atoms with E-state index in [0.29, 0.717) is 47.8 Å². The summed E-state index contributed by atoms with van der Waals surface area (Å²) in [5.74, 6) is -0.0427. The summed E-state index contributed by atoms with van der Waals surface area (Å²) >= 11 is 1.62. The zero-order valence-corrected chi connectivity index (χ0v) is 23.3. The number of hydrogen-bond donors (Lipinski definition) is 2. The molecule has 5 heterocycles. The fourth-order valence-corrected chi connectivity index (χ4v) is 5.89. The molecule has 4 aromatic rings. The minimum Gasteiger partial charge on any atom is -0.368 e. The second kappa shape index (κ2) is 11.5. The van der Waals surface area contributed by atoms with Crippen LogP contribution in [0.2, 0.25) is 0 Å². The molecule has 39 heavy (non-hydrogen) atoms. The van der Waals surface area contributed by atoms with Gasteiger partial charge in [0.2, 0.25) is 5.91 Å². The molecule has 5 rings (SSSR count). The Labute approximate surface area is 231 Å². The monoisotopic (exact) mass is 546 g/mol. The van der Waals surface area contributed by atoms with Crippen molar-refractivity contribution < 1.29 is 9.59 Å². The van der Waals surface area contributed by atoms with E-state index >= 15 is 0 Å². The lowest BCUT2D eigenvalue weighted by Crippen LogP contribution is -2.42. The minimum absolute atomic E-state index is 0.196. The van der Waals surface area contributed by atoms with Gasteiger partial charge >= 0.3 is 0 Å². The van der Waals surface area contributed by atoms with Gasteiger partial charge in [-0.2, -0.15) is 5.10 Å². The van der Waals surface area contributed by atoms with Gasteiger partial charge in [0.1, 0.15) is 11.9 Å². The van der Waals surface area contributed by atoms with E-state index < -0.39 is 11.9 Å². The molecule has 204 valence electrons. The number of rotatable bonds is 10. The number of carbonyl (C=O) groups is 2.